The van der Waals surface area contributed by atoms with Gasteiger partial charge in [0.05, 0.1) is 18.3 Å². The fourth-order valence-corrected chi connectivity index (χ4v) is 3.90. The van der Waals surface area contributed by atoms with Gasteiger partial charge in [0, 0.05) is 26.2 Å². The summed E-state index contributed by atoms with van der Waals surface area (Å²) in [6.07, 6.45) is 1.02. The molecule has 0 aliphatic carbocycles. The molecule has 2 aromatic carbocycles. The lowest BCUT2D eigenvalue weighted by Crippen LogP contribution is -2.50. The summed E-state index contributed by atoms with van der Waals surface area (Å²) in [6, 6.07) is 16.0. The second kappa shape index (κ2) is 9.79. The van der Waals surface area contributed by atoms with Crippen LogP contribution in [0.15, 0.2) is 48.5 Å². The van der Waals surface area contributed by atoms with Crippen LogP contribution in [0.5, 0.6) is 5.75 Å². The zero-order valence-electron chi connectivity index (χ0n) is 17.8. The predicted octanol–water partition coefficient (Wildman–Crippen LogP) is 3.59. The predicted molar refractivity (Wildman–Crippen MR) is 118 cm³/mol. The SMILES string of the molecule is CCc1ccc([C@@H](NC(=O)CN2CCN(c3ccccc3O)CC2)C(C)C)cc1. The van der Waals surface area contributed by atoms with Gasteiger partial charge in [0.25, 0.3) is 0 Å². The van der Waals surface area contributed by atoms with Crippen LogP contribution in [-0.4, -0.2) is 48.6 Å². The fourth-order valence-electron chi connectivity index (χ4n) is 3.90. The monoisotopic (exact) mass is 395 g/mol. The molecule has 1 saturated heterocycles. The molecule has 5 nitrogen and oxygen atoms in total. The first-order chi connectivity index (χ1) is 14.0. The minimum Gasteiger partial charge on any atom is -0.506 e. The average molecular weight is 396 g/mol. The van der Waals surface area contributed by atoms with Crippen molar-refractivity contribution in [3.05, 3.63) is 59.7 Å². The maximum absolute atomic E-state index is 12.7. The van der Waals surface area contributed by atoms with Gasteiger partial charge >= 0.3 is 0 Å². The lowest BCUT2D eigenvalue weighted by Gasteiger charge is -2.36. The number of nitrogens with one attached hydrogen (secondary N) is 1. The first kappa shape index (κ1) is 21.2. The Kier molecular flexibility index (Phi) is 7.15. The van der Waals surface area contributed by atoms with Crippen LogP contribution in [-0.2, 0) is 11.2 Å². The van der Waals surface area contributed by atoms with Crippen molar-refractivity contribution in [3.63, 3.8) is 0 Å². The van der Waals surface area contributed by atoms with Crippen LogP contribution < -0.4 is 10.2 Å². The third kappa shape index (κ3) is 5.51. The smallest absolute Gasteiger partial charge is 0.234 e. The van der Waals surface area contributed by atoms with E-state index < -0.39 is 0 Å². The molecule has 1 amide bonds. The molecule has 5 heteroatoms. The molecule has 1 fully saturated rings. The number of piperazine rings is 1. The Morgan fingerprint density at radius 1 is 1.03 bits per heavy atom. The van der Waals surface area contributed by atoms with Crippen LogP contribution in [0.25, 0.3) is 0 Å². The van der Waals surface area contributed by atoms with Crippen LogP contribution in [0, 0.1) is 5.92 Å². The van der Waals surface area contributed by atoms with Crippen molar-refractivity contribution in [2.24, 2.45) is 5.92 Å². The number of amides is 1. The topological polar surface area (TPSA) is 55.8 Å². The van der Waals surface area contributed by atoms with Gasteiger partial charge in [-0.1, -0.05) is 57.2 Å². The molecule has 2 aromatic rings. The number of phenols is 1. The maximum Gasteiger partial charge on any atom is 0.234 e. The van der Waals surface area contributed by atoms with Crippen molar-refractivity contribution in [2.75, 3.05) is 37.6 Å². The van der Waals surface area contributed by atoms with Crippen LogP contribution in [0.4, 0.5) is 5.69 Å². The molecule has 0 unspecified atom stereocenters. The number of benzene rings is 2. The Morgan fingerprint density at radius 3 is 2.28 bits per heavy atom. The van der Waals surface area contributed by atoms with E-state index in [-0.39, 0.29) is 11.9 Å². The Morgan fingerprint density at radius 2 is 1.69 bits per heavy atom. The Labute approximate surface area is 174 Å². The van der Waals surface area contributed by atoms with Crippen molar-refractivity contribution in [3.8, 4) is 5.75 Å². The average Bonchev–Trinajstić information content (AvgIpc) is 2.73. The zero-order valence-corrected chi connectivity index (χ0v) is 17.8. The maximum atomic E-state index is 12.7. The van der Waals surface area contributed by atoms with Crippen molar-refractivity contribution >= 4 is 11.6 Å². The summed E-state index contributed by atoms with van der Waals surface area (Å²) in [5.74, 6) is 0.705. The molecule has 3 rings (SSSR count). The molecule has 1 atom stereocenters. The fraction of sp³-hybridized carbons (Fsp3) is 0.458. The molecular weight excluding hydrogens is 362 g/mol. The summed E-state index contributed by atoms with van der Waals surface area (Å²) in [6.45, 7) is 10.1. The molecular formula is C24H33N3O2. The number of carbonyl (C=O) groups is 1. The van der Waals surface area contributed by atoms with E-state index in [1.807, 2.05) is 18.2 Å². The number of carbonyl (C=O) groups excluding carboxylic acids is 1. The molecule has 156 valence electrons. The Bertz CT molecular complexity index is 796. The largest absolute Gasteiger partial charge is 0.506 e. The van der Waals surface area contributed by atoms with Gasteiger partial charge < -0.3 is 15.3 Å². The summed E-state index contributed by atoms with van der Waals surface area (Å²) >= 11 is 0. The van der Waals surface area contributed by atoms with Gasteiger partial charge in [0.1, 0.15) is 5.75 Å². The lowest BCUT2D eigenvalue weighted by atomic mass is 9.95. The number of nitrogens with zero attached hydrogens (tertiary/aromatic N) is 2. The number of rotatable bonds is 7. The second-order valence-electron chi connectivity index (χ2n) is 8.14. The van der Waals surface area contributed by atoms with E-state index in [1.165, 1.54) is 5.56 Å². The molecule has 0 aromatic heterocycles. The van der Waals surface area contributed by atoms with Gasteiger partial charge in [-0.2, -0.15) is 0 Å². The lowest BCUT2D eigenvalue weighted by molar-refractivity contribution is -0.123. The van der Waals surface area contributed by atoms with Gasteiger partial charge in [0.15, 0.2) is 0 Å². The van der Waals surface area contributed by atoms with E-state index >= 15 is 0 Å². The molecule has 0 spiro atoms. The molecule has 1 heterocycles. The summed E-state index contributed by atoms with van der Waals surface area (Å²) in [4.78, 5) is 17.1. The Balaban J connectivity index is 1.53. The number of hydrogen-bond donors (Lipinski definition) is 2. The van der Waals surface area contributed by atoms with E-state index in [9.17, 15) is 9.90 Å². The van der Waals surface area contributed by atoms with Gasteiger partial charge in [-0.3, -0.25) is 9.69 Å². The molecule has 0 radical (unpaired) electrons. The molecule has 0 saturated carbocycles. The number of para-hydroxylation sites is 2. The number of anilines is 1. The van der Waals surface area contributed by atoms with Crippen LogP contribution in [0.2, 0.25) is 0 Å². The highest BCUT2D eigenvalue weighted by molar-refractivity contribution is 5.78. The molecule has 1 aliphatic rings. The van der Waals surface area contributed by atoms with E-state index in [0.29, 0.717) is 18.2 Å². The van der Waals surface area contributed by atoms with E-state index in [0.717, 1.165) is 43.9 Å². The second-order valence-corrected chi connectivity index (χ2v) is 8.14. The first-order valence-electron chi connectivity index (χ1n) is 10.6. The van der Waals surface area contributed by atoms with Crippen LogP contribution in [0.1, 0.15) is 37.9 Å². The van der Waals surface area contributed by atoms with Crippen molar-refractivity contribution < 1.29 is 9.90 Å². The van der Waals surface area contributed by atoms with Gasteiger partial charge in [-0.05, 0) is 35.6 Å². The van der Waals surface area contributed by atoms with Crippen LogP contribution in [0.3, 0.4) is 0 Å². The standard InChI is InChI=1S/C24H33N3O2/c1-4-19-9-11-20(12-10-19)24(18(2)3)25-23(29)17-26-13-15-27(16-14-26)21-7-5-6-8-22(21)28/h5-12,18,24,28H,4,13-17H2,1-3H3,(H,25,29)/t24-/m0/s1. The number of hydrogen-bond acceptors (Lipinski definition) is 4. The van der Waals surface area contributed by atoms with E-state index in [1.54, 1.807) is 6.07 Å². The molecule has 0 bridgehead atoms. The third-order valence-electron chi connectivity index (χ3n) is 5.69. The molecule has 29 heavy (non-hydrogen) atoms. The number of aryl methyl sites for hydroxylation is 1. The summed E-state index contributed by atoms with van der Waals surface area (Å²) < 4.78 is 0. The summed E-state index contributed by atoms with van der Waals surface area (Å²) in [7, 11) is 0. The summed E-state index contributed by atoms with van der Waals surface area (Å²) in [5, 5.41) is 13.3. The van der Waals surface area contributed by atoms with E-state index in [2.05, 4.69) is 60.2 Å². The van der Waals surface area contributed by atoms with E-state index in [4.69, 9.17) is 0 Å². The van der Waals surface area contributed by atoms with Crippen molar-refractivity contribution in [1.29, 1.82) is 0 Å². The molecule has 1 aliphatic heterocycles. The van der Waals surface area contributed by atoms with Crippen LogP contribution >= 0.6 is 0 Å². The van der Waals surface area contributed by atoms with Gasteiger partial charge in [-0.15, -0.1) is 0 Å². The minimum absolute atomic E-state index is 0.0240. The normalized spacial score (nSPS) is 16.1. The highest BCUT2D eigenvalue weighted by Crippen LogP contribution is 2.27. The third-order valence-corrected chi connectivity index (χ3v) is 5.69. The number of aromatic hydroxyl groups is 1. The zero-order chi connectivity index (χ0) is 20.8. The quantitative estimate of drug-likeness (QED) is 0.752. The van der Waals surface area contributed by atoms with Gasteiger partial charge in [0.2, 0.25) is 5.91 Å². The highest BCUT2D eigenvalue weighted by atomic mass is 16.3. The molecule has 2 N–H and O–H groups in total. The van der Waals surface area contributed by atoms with Crippen molar-refractivity contribution in [1.82, 2.24) is 10.2 Å². The highest BCUT2D eigenvalue weighted by Gasteiger charge is 2.23. The summed E-state index contributed by atoms with van der Waals surface area (Å²) in [5.41, 5.74) is 3.34. The first-order valence-corrected chi connectivity index (χ1v) is 10.6. The Hall–Kier alpha value is -2.53. The van der Waals surface area contributed by atoms with Crippen molar-refractivity contribution in [2.45, 2.75) is 33.2 Å². The minimum atomic E-state index is 0.0240. The number of phenolic OH excluding ortho intramolecular Hbond substituents is 1. The van der Waals surface area contributed by atoms with Gasteiger partial charge in [-0.25, -0.2) is 0 Å².